The van der Waals surface area contributed by atoms with Crippen molar-refractivity contribution in [1.29, 1.82) is 0 Å². The quantitative estimate of drug-likeness (QED) is 0.147. The molecule has 172 valence electrons. The van der Waals surface area contributed by atoms with Crippen LogP contribution in [-0.4, -0.2) is 49.1 Å². The Balaban J connectivity index is 0.00000363. The van der Waals surface area contributed by atoms with Gasteiger partial charge in [0.05, 0.1) is 18.8 Å². The van der Waals surface area contributed by atoms with Crippen LogP contribution in [0.4, 0.5) is 5.69 Å². The van der Waals surface area contributed by atoms with Gasteiger partial charge < -0.3 is 20.7 Å². The zero-order valence-corrected chi connectivity index (χ0v) is 21.1. The number of nitrogens with one attached hydrogen (secondary N) is 3. The average molecular weight is 548 g/mol. The molecule has 0 aliphatic heterocycles. The second-order valence-corrected chi connectivity index (χ2v) is 7.11. The van der Waals surface area contributed by atoms with Crippen molar-refractivity contribution in [3.63, 3.8) is 0 Å². The molecule has 8 heteroatoms. The maximum atomic E-state index is 5.06. The van der Waals surface area contributed by atoms with Gasteiger partial charge in [0.25, 0.3) is 0 Å². The highest BCUT2D eigenvalue weighted by Gasteiger charge is 2.01. The van der Waals surface area contributed by atoms with E-state index in [9.17, 15) is 0 Å². The van der Waals surface area contributed by atoms with Crippen LogP contribution >= 0.6 is 24.0 Å². The number of hydrogen-bond acceptors (Lipinski definition) is 4. The van der Waals surface area contributed by atoms with E-state index in [1.807, 2.05) is 16.9 Å². The second kappa shape index (κ2) is 14.5. The van der Waals surface area contributed by atoms with Crippen molar-refractivity contribution in [2.24, 2.45) is 4.99 Å². The molecule has 7 nitrogen and oxygen atoms in total. The highest BCUT2D eigenvalue weighted by Crippen LogP contribution is 2.10. The molecule has 0 unspecified atom stereocenters. The molecule has 3 N–H and O–H groups in total. The van der Waals surface area contributed by atoms with Gasteiger partial charge in [-0.15, -0.1) is 24.0 Å². The van der Waals surface area contributed by atoms with Crippen LogP contribution in [0.5, 0.6) is 0 Å². The SMILES string of the molecule is CCNC(=NCc1ccc(NCCOC)cc1)NCCc1ccc(-n2cccn2)cc1.I. The van der Waals surface area contributed by atoms with Crippen LogP contribution < -0.4 is 16.0 Å². The predicted molar refractivity (Wildman–Crippen MR) is 142 cm³/mol. The molecular formula is C24H33IN6O. The fourth-order valence-corrected chi connectivity index (χ4v) is 3.10. The molecule has 1 aromatic heterocycles. The number of ether oxygens (including phenoxy) is 1. The number of aromatic nitrogens is 2. The number of guanidine groups is 1. The van der Waals surface area contributed by atoms with Crippen LogP contribution in [0, 0.1) is 0 Å². The maximum absolute atomic E-state index is 5.06. The molecule has 1 heterocycles. The van der Waals surface area contributed by atoms with Crippen molar-refractivity contribution in [3.05, 3.63) is 78.1 Å². The van der Waals surface area contributed by atoms with Gasteiger partial charge in [-0.1, -0.05) is 24.3 Å². The third-order valence-corrected chi connectivity index (χ3v) is 4.76. The lowest BCUT2D eigenvalue weighted by Gasteiger charge is -2.12. The number of nitrogens with zero attached hydrogens (tertiary/aromatic N) is 3. The standard InChI is InChI=1S/C24H32N6O.HI/c1-3-25-24(28-19-21-5-9-22(10-6-21)26-16-18-31-2)27-15-13-20-7-11-23(12-8-20)30-17-4-14-29-30;/h4-12,14,17,26H,3,13,15-16,18-19H2,1-2H3,(H2,25,27,28);1H. The lowest BCUT2D eigenvalue weighted by molar-refractivity contribution is 0.211. The summed E-state index contributed by atoms with van der Waals surface area (Å²) in [6, 6.07) is 18.8. The van der Waals surface area contributed by atoms with Crippen LogP contribution in [0.3, 0.4) is 0 Å². The molecule has 3 rings (SSSR count). The average Bonchev–Trinajstić information content (AvgIpc) is 3.34. The second-order valence-electron chi connectivity index (χ2n) is 7.11. The van der Waals surface area contributed by atoms with Crippen LogP contribution in [0.15, 0.2) is 72.0 Å². The molecule has 0 fully saturated rings. The highest BCUT2D eigenvalue weighted by atomic mass is 127. The fraction of sp³-hybridized carbons (Fsp3) is 0.333. The Hall–Kier alpha value is -2.59. The maximum Gasteiger partial charge on any atom is 0.191 e. The van der Waals surface area contributed by atoms with E-state index in [1.165, 1.54) is 11.1 Å². The van der Waals surface area contributed by atoms with E-state index >= 15 is 0 Å². The monoisotopic (exact) mass is 548 g/mol. The largest absolute Gasteiger partial charge is 0.383 e. The zero-order chi connectivity index (χ0) is 21.7. The Morgan fingerprint density at radius 2 is 1.75 bits per heavy atom. The van der Waals surface area contributed by atoms with Crippen molar-refractivity contribution in [2.75, 3.05) is 38.7 Å². The molecule has 0 saturated carbocycles. The van der Waals surface area contributed by atoms with E-state index in [0.717, 1.165) is 43.4 Å². The molecule has 0 amide bonds. The van der Waals surface area contributed by atoms with Gasteiger partial charge in [-0.05, 0) is 54.8 Å². The van der Waals surface area contributed by atoms with Gasteiger partial charge in [0.1, 0.15) is 0 Å². The van der Waals surface area contributed by atoms with E-state index in [-0.39, 0.29) is 24.0 Å². The minimum atomic E-state index is 0. The topological polar surface area (TPSA) is 75.5 Å². The van der Waals surface area contributed by atoms with E-state index in [0.29, 0.717) is 13.2 Å². The Labute approximate surface area is 207 Å². The number of aliphatic imine (C=N–C) groups is 1. The summed E-state index contributed by atoms with van der Waals surface area (Å²) in [5.74, 6) is 0.831. The number of halogens is 1. The lowest BCUT2D eigenvalue weighted by atomic mass is 10.1. The Kier molecular flexibility index (Phi) is 11.6. The number of rotatable bonds is 11. The van der Waals surface area contributed by atoms with E-state index in [2.05, 4.69) is 76.5 Å². The normalized spacial score (nSPS) is 11.0. The summed E-state index contributed by atoms with van der Waals surface area (Å²) >= 11 is 0. The van der Waals surface area contributed by atoms with Gasteiger partial charge in [-0.25, -0.2) is 9.67 Å². The third-order valence-electron chi connectivity index (χ3n) is 4.76. The predicted octanol–water partition coefficient (Wildman–Crippen LogP) is 3.85. The number of hydrogen-bond donors (Lipinski definition) is 3. The highest BCUT2D eigenvalue weighted by molar-refractivity contribution is 14.0. The third kappa shape index (κ3) is 8.51. The minimum Gasteiger partial charge on any atom is -0.383 e. The summed E-state index contributed by atoms with van der Waals surface area (Å²) in [7, 11) is 1.71. The molecule has 32 heavy (non-hydrogen) atoms. The van der Waals surface area contributed by atoms with Crippen molar-refractivity contribution in [3.8, 4) is 5.69 Å². The molecule has 0 radical (unpaired) electrons. The van der Waals surface area contributed by atoms with Crippen molar-refractivity contribution in [2.45, 2.75) is 19.9 Å². The first kappa shape index (κ1) is 25.7. The number of anilines is 1. The summed E-state index contributed by atoms with van der Waals surface area (Å²) in [6.45, 7) is 5.84. The van der Waals surface area contributed by atoms with E-state index in [1.54, 1.807) is 13.3 Å². The van der Waals surface area contributed by atoms with Crippen LogP contribution in [0.1, 0.15) is 18.1 Å². The van der Waals surface area contributed by atoms with Crippen LogP contribution in [0.25, 0.3) is 5.69 Å². The summed E-state index contributed by atoms with van der Waals surface area (Å²) in [4.78, 5) is 4.71. The van der Waals surface area contributed by atoms with E-state index < -0.39 is 0 Å². The van der Waals surface area contributed by atoms with Gasteiger partial charge >= 0.3 is 0 Å². The summed E-state index contributed by atoms with van der Waals surface area (Å²) in [6.07, 6.45) is 4.65. The van der Waals surface area contributed by atoms with Crippen molar-refractivity contribution >= 4 is 35.6 Å². The van der Waals surface area contributed by atoms with Crippen LogP contribution in [0.2, 0.25) is 0 Å². The first-order valence-electron chi connectivity index (χ1n) is 10.7. The molecule has 0 aliphatic carbocycles. The summed E-state index contributed by atoms with van der Waals surface area (Å²) < 4.78 is 6.92. The molecule has 0 saturated heterocycles. The first-order valence-corrected chi connectivity index (χ1v) is 10.7. The fourth-order valence-electron chi connectivity index (χ4n) is 3.10. The van der Waals surface area contributed by atoms with Gasteiger partial charge in [-0.2, -0.15) is 5.10 Å². The number of benzene rings is 2. The minimum absolute atomic E-state index is 0. The zero-order valence-electron chi connectivity index (χ0n) is 18.8. The number of methoxy groups -OCH3 is 1. The van der Waals surface area contributed by atoms with Gasteiger partial charge in [0, 0.05) is 44.8 Å². The Morgan fingerprint density at radius 1 is 1.00 bits per heavy atom. The van der Waals surface area contributed by atoms with Gasteiger partial charge in [0.2, 0.25) is 0 Å². The molecule has 3 aromatic rings. The molecular weight excluding hydrogens is 515 g/mol. The van der Waals surface area contributed by atoms with Crippen molar-refractivity contribution < 1.29 is 4.74 Å². The first-order chi connectivity index (χ1) is 15.3. The molecule has 2 aromatic carbocycles. The lowest BCUT2D eigenvalue weighted by Crippen LogP contribution is -2.38. The summed E-state index contributed by atoms with van der Waals surface area (Å²) in [5.41, 5.74) is 4.60. The van der Waals surface area contributed by atoms with Crippen molar-refractivity contribution in [1.82, 2.24) is 20.4 Å². The van der Waals surface area contributed by atoms with E-state index in [4.69, 9.17) is 9.73 Å². The smallest absolute Gasteiger partial charge is 0.191 e. The molecule has 0 spiro atoms. The molecule has 0 bridgehead atoms. The van der Waals surface area contributed by atoms with Crippen LogP contribution in [-0.2, 0) is 17.7 Å². The molecule has 0 atom stereocenters. The summed E-state index contributed by atoms with van der Waals surface area (Å²) in [5, 5.41) is 14.3. The molecule has 0 aliphatic rings. The Morgan fingerprint density at radius 3 is 2.41 bits per heavy atom. The van der Waals surface area contributed by atoms with Gasteiger partial charge in [0.15, 0.2) is 5.96 Å². The van der Waals surface area contributed by atoms with Gasteiger partial charge in [-0.3, -0.25) is 0 Å². The Bertz CT molecular complexity index is 911.